The van der Waals surface area contributed by atoms with E-state index in [1.165, 1.54) is 12.1 Å². The second kappa shape index (κ2) is 10.3. The van der Waals surface area contributed by atoms with Gasteiger partial charge in [-0.1, -0.05) is 6.92 Å². The van der Waals surface area contributed by atoms with Crippen LogP contribution in [0.4, 0.5) is 14.9 Å². The molecule has 1 saturated heterocycles. The summed E-state index contributed by atoms with van der Waals surface area (Å²) in [7, 11) is 0. The molecule has 27 heavy (non-hydrogen) atoms. The molecule has 1 N–H and O–H groups in total. The minimum absolute atomic E-state index is 0.0270. The van der Waals surface area contributed by atoms with Crippen LogP contribution in [0.3, 0.4) is 0 Å². The van der Waals surface area contributed by atoms with E-state index in [1.54, 1.807) is 6.92 Å². The smallest absolute Gasteiger partial charge is 0.317 e. The molecule has 7 heteroatoms. The number of hydrogen-bond acceptors (Lipinski definition) is 3. The van der Waals surface area contributed by atoms with Crippen LogP contribution in [-0.2, 0) is 9.53 Å². The highest BCUT2D eigenvalue weighted by molar-refractivity contribution is 5.74. The zero-order chi connectivity index (χ0) is 19.7. The Morgan fingerprint density at radius 1 is 1.15 bits per heavy atom. The van der Waals surface area contributed by atoms with Crippen LogP contribution in [0.25, 0.3) is 0 Å². The van der Waals surface area contributed by atoms with E-state index in [-0.39, 0.29) is 17.8 Å². The lowest BCUT2D eigenvalue weighted by Crippen LogP contribution is -2.63. The van der Waals surface area contributed by atoms with Gasteiger partial charge in [-0.25, -0.2) is 9.18 Å². The van der Waals surface area contributed by atoms with Gasteiger partial charge in [-0.3, -0.25) is 9.28 Å². The van der Waals surface area contributed by atoms with Gasteiger partial charge in [0.2, 0.25) is 0 Å². The highest BCUT2D eigenvalue weighted by atomic mass is 19.1. The molecular weight excluding hydrogens is 349 g/mol. The summed E-state index contributed by atoms with van der Waals surface area (Å²) in [6.45, 7) is 8.51. The molecule has 1 fully saturated rings. The summed E-state index contributed by atoms with van der Waals surface area (Å²) in [4.78, 5) is 25.2. The molecule has 0 aliphatic carbocycles. The third kappa shape index (κ3) is 5.92. The monoisotopic (exact) mass is 380 g/mol. The molecule has 2 amide bonds. The quantitative estimate of drug-likeness (QED) is 0.429. The number of nitrogens with one attached hydrogen (secondary N) is 1. The summed E-state index contributed by atoms with van der Waals surface area (Å²) in [5.41, 5.74) is 1.07. The lowest BCUT2D eigenvalue weighted by atomic mass is 10.1. The van der Waals surface area contributed by atoms with Crippen LogP contribution in [0.1, 0.15) is 33.1 Å². The lowest BCUT2D eigenvalue weighted by Gasteiger charge is -2.44. The SMILES string of the molecule is CCNC(=O)N1CC[N+](CCCCOC(=O)CC)(c2ccc(F)cc2)CC1. The van der Waals surface area contributed by atoms with Crippen LogP contribution in [0.5, 0.6) is 0 Å². The first-order valence-electron chi connectivity index (χ1n) is 9.81. The Bertz CT molecular complexity index is 613. The Kier molecular flexibility index (Phi) is 8.03. The van der Waals surface area contributed by atoms with Gasteiger partial charge in [0.1, 0.15) is 24.6 Å². The van der Waals surface area contributed by atoms with Crippen molar-refractivity contribution in [2.75, 3.05) is 45.9 Å². The lowest BCUT2D eigenvalue weighted by molar-refractivity contribution is -0.143. The molecule has 1 heterocycles. The van der Waals surface area contributed by atoms with Gasteiger partial charge in [-0.2, -0.15) is 0 Å². The number of esters is 1. The van der Waals surface area contributed by atoms with E-state index in [0.717, 1.165) is 42.6 Å². The number of ether oxygens (including phenoxy) is 1. The third-order valence-corrected chi connectivity index (χ3v) is 5.12. The van der Waals surface area contributed by atoms with Crippen molar-refractivity contribution >= 4 is 17.7 Å². The average Bonchev–Trinajstić information content (AvgIpc) is 2.68. The molecule has 0 unspecified atom stereocenters. The van der Waals surface area contributed by atoms with Crippen LogP contribution < -0.4 is 9.80 Å². The Labute approximate surface area is 160 Å². The Balaban J connectivity index is 1.99. The van der Waals surface area contributed by atoms with Crippen molar-refractivity contribution in [2.24, 2.45) is 0 Å². The Morgan fingerprint density at radius 2 is 1.81 bits per heavy atom. The number of carbonyl (C=O) groups excluding carboxylic acids is 2. The fourth-order valence-corrected chi connectivity index (χ4v) is 3.49. The first-order valence-corrected chi connectivity index (χ1v) is 9.81. The largest absolute Gasteiger partial charge is 0.466 e. The van der Waals surface area contributed by atoms with E-state index in [2.05, 4.69) is 5.32 Å². The first kappa shape index (κ1) is 21.2. The van der Waals surface area contributed by atoms with Crippen molar-refractivity contribution < 1.29 is 18.7 Å². The summed E-state index contributed by atoms with van der Waals surface area (Å²) in [5, 5.41) is 2.85. The zero-order valence-corrected chi connectivity index (χ0v) is 16.4. The average molecular weight is 380 g/mol. The van der Waals surface area contributed by atoms with Gasteiger partial charge >= 0.3 is 12.0 Å². The number of benzene rings is 1. The Hall–Kier alpha value is -2.15. The second-order valence-corrected chi connectivity index (χ2v) is 6.90. The van der Waals surface area contributed by atoms with E-state index < -0.39 is 0 Å². The van der Waals surface area contributed by atoms with E-state index in [0.29, 0.717) is 32.7 Å². The van der Waals surface area contributed by atoms with Crippen LogP contribution >= 0.6 is 0 Å². The highest BCUT2D eigenvalue weighted by Gasteiger charge is 2.36. The molecule has 0 spiro atoms. The Morgan fingerprint density at radius 3 is 2.41 bits per heavy atom. The number of piperazine rings is 1. The van der Waals surface area contributed by atoms with Crippen molar-refractivity contribution in [3.63, 3.8) is 0 Å². The molecule has 0 aromatic heterocycles. The molecule has 0 saturated carbocycles. The number of urea groups is 1. The summed E-state index contributed by atoms with van der Waals surface area (Å²) in [5.74, 6) is -0.419. The van der Waals surface area contributed by atoms with Crippen LogP contribution in [0.15, 0.2) is 24.3 Å². The number of unbranched alkanes of at least 4 members (excludes halogenated alkanes) is 1. The molecule has 0 atom stereocenters. The van der Waals surface area contributed by atoms with Crippen molar-refractivity contribution in [3.8, 4) is 0 Å². The number of nitrogens with zero attached hydrogens (tertiary/aromatic N) is 2. The van der Waals surface area contributed by atoms with E-state index >= 15 is 0 Å². The van der Waals surface area contributed by atoms with Gasteiger partial charge in [-0.15, -0.1) is 0 Å². The second-order valence-electron chi connectivity index (χ2n) is 6.90. The standard InChI is InChI=1S/C20H30FN3O3/c1-3-19(25)27-16-6-5-13-24(18-9-7-17(21)8-10-18)14-11-23(12-15-24)20(26)22-4-2/h7-10H,3-6,11-16H2,1-2H3/p+1. The van der Waals surface area contributed by atoms with Gasteiger partial charge < -0.3 is 15.0 Å². The van der Waals surface area contributed by atoms with Crippen molar-refractivity contribution in [1.29, 1.82) is 0 Å². The maximum atomic E-state index is 13.4. The summed E-state index contributed by atoms with van der Waals surface area (Å²) >= 11 is 0. The topological polar surface area (TPSA) is 58.6 Å². The van der Waals surface area contributed by atoms with E-state index in [1.807, 2.05) is 24.0 Å². The molecule has 2 rings (SSSR count). The molecular formula is C20H31FN3O3+. The molecule has 1 aliphatic rings. The number of quaternary nitrogens is 1. The normalized spacial score (nSPS) is 16.0. The minimum Gasteiger partial charge on any atom is -0.466 e. The van der Waals surface area contributed by atoms with Gasteiger partial charge in [0.05, 0.1) is 26.2 Å². The number of carbonyl (C=O) groups is 2. The number of halogens is 1. The van der Waals surface area contributed by atoms with E-state index in [9.17, 15) is 14.0 Å². The summed E-state index contributed by atoms with van der Waals surface area (Å²) < 4.78 is 19.3. The van der Waals surface area contributed by atoms with Gasteiger partial charge in [0, 0.05) is 31.5 Å². The fourth-order valence-electron chi connectivity index (χ4n) is 3.49. The minimum atomic E-state index is -0.246. The molecule has 0 bridgehead atoms. The van der Waals surface area contributed by atoms with Crippen LogP contribution in [-0.4, -0.2) is 62.8 Å². The van der Waals surface area contributed by atoms with Crippen molar-refractivity contribution in [3.05, 3.63) is 30.1 Å². The van der Waals surface area contributed by atoms with Gasteiger partial charge in [-0.05, 0) is 25.5 Å². The molecule has 1 aromatic carbocycles. The number of hydrogen-bond donors (Lipinski definition) is 1. The molecule has 6 nitrogen and oxygen atoms in total. The zero-order valence-electron chi connectivity index (χ0n) is 16.4. The predicted molar refractivity (Wildman–Crippen MR) is 104 cm³/mol. The molecule has 1 aliphatic heterocycles. The number of rotatable bonds is 8. The van der Waals surface area contributed by atoms with Crippen molar-refractivity contribution in [2.45, 2.75) is 33.1 Å². The van der Waals surface area contributed by atoms with Crippen molar-refractivity contribution in [1.82, 2.24) is 14.7 Å². The van der Waals surface area contributed by atoms with Gasteiger partial charge in [0.25, 0.3) is 0 Å². The highest BCUT2D eigenvalue weighted by Crippen LogP contribution is 2.27. The summed E-state index contributed by atoms with van der Waals surface area (Å²) in [6.07, 6.45) is 2.09. The summed E-state index contributed by atoms with van der Waals surface area (Å²) in [6, 6.07) is 6.65. The maximum Gasteiger partial charge on any atom is 0.317 e. The molecule has 150 valence electrons. The van der Waals surface area contributed by atoms with E-state index in [4.69, 9.17) is 4.74 Å². The molecule has 0 radical (unpaired) electrons. The third-order valence-electron chi connectivity index (χ3n) is 5.12. The maximum absolute atomic E-state index is 13.4. The van der Waals surface area contributed by atoms with Gasteiger partial charge in [0.15, 0.2) is 0 Å². The first-order chi connectivity index (χ1) is 13.0. The number of amides is 2. The van der Waals surface area contributed by atoms with Crippen LogP contribution in [0, 0.1) is 5.82 Å². The fraction of sp³-hybridized carbons (Fsp3) is 0.600. The molecule has 1 aromatic rings. The van der Waals surface area contributed by atoms with Crippen LogP contribution in [0.2, 0.25) is 0 Å². The predicted octanol–water partition coefficient (Wildman–Crippen LogP) is 2.91.